The van der Waals surface area contributed by atoms with E-state index in [2.05, 4.69) is 4.90 Å². The highest BCUT2D eigenvalue weighted by Gasteiger charge is 2.24. The molecule has 4 nitrogen and oxygen atoms in total. The average Bonchev–Trinajstić information content (AvgIpc) is 2.63. The van der Waals surface area contributed by atoms with Gasteiger partial charge in [0.05, 0.1) is 5.56 Å². The highest BCUT2D eigenvalue weighted by molar-refractivity contribution is 6.07. The minimum atomic E-state index is -0.233. The molecule has 0 radical (unpaired) electrons. The van der Waals surface area contributed by atoms with Gasteiger partial charge in [-0.3, -0.25) is 14.5 Å². The van der Waals surface area contributed by atoms with Gasteiger partial charge in [-0.2, -0.15) is 0 Å². The van der Waals surface area contributed by atoms with Crippen LogP contribution in [-0.2, 0) is 6.54 Å². The molecule has 0 unspecified atom stereocenters. The average molecular weight is 340 g/mol. The van der Waals surface area contributed by atoms with E-state index in [1.54, 1.807) is 41.3 Å². The molecule has 0 atom stereocenters. The standard InChI is InChI=1S/C20H21FN2O2/c1-15(24)18-4-2-3-5-19(18)20(25)23-12-10-22(11-13-23)14-16-6-8-17(21)9-7-16/h2-9H,10-14H2,1H3. The summed E-state index contributed by atoms with van der Waals surface area (Å²) in [6, 6.07) is 13.5. The molecule has 1 aliphatic heterocycles. The topological polar surface area (TPSA) is 40.6 Å². The smallest absolute Gasteiger partial charge is 0.254 e. The minimum Gasteiger partial charge on any atom is -0.336 e. The predicted molar refractivity (Wildman–Crippen MR) is 94.0 cm³/mol. The summed E-state index contributed by atoms with van der Waals surface area (Å²) in [4.78, 5) is 28.5. The highest BCUT2D eigenvalue weighted by atomic mass is 19.1. The Bertz CT molecular complexity index is 766. The van der Waals surface area contributed by atoms with Crippen molar-refractivity contribution in [2.24, 2.45) is 0 Å². The van der Waals surface area contributed by atoms with Crippen LogP contribution in [0.2, 0.25) is 0 Å². The predicted octanol–water partition coefficient (Wildman–Crippen LogP) is 2.99. The van der Waals surface area contributed by atoms with Crippen LogP contribution in [0.3, 0.4) is 0 Å². The number of carbonyl (C=O) groups is 2. The number of amides is 1. The Morgan fingerprint density at radius 2 is 1.52 bits per heavy atom. The van der Waals surface area contributed by atoms with Crippen molar-refractivity contribution in [3.05, 3.63) is 71.0 Å². The summed E-state index contributed by atoms with van der Waals surface area (Å²) in [5.41, 5.74) is 2.01. The zero-order valence-corrected chi connectivity index (χ0v) is 14.2. The van der Waals surface area contributed by atoms with Gasteiger partial charge in [-0.05, 0) is 30.7 Å². The second-order valence-electron chi connectivity index (χ2n) is 6.30. The molecular weight excluding hydrogens is 319 g/mol. The van der Waals surface area contributed by atoms with Crippen LogP contribution < -0.4 is 0 Å². The van der Waals surface area contributed by atoms with E-state index in [9.17, 15) is 14.0 Å². The summed E-state index contributed by atoms with van der Waals surface area (Å²) in [5, 5.41) is 0. The Hall–Kier alpha value is -2.53. The summed E-state index contributed by atoms with van der Waals surface area (Å²) in [7, 11) is 0. The molecule has 2 aromatic carbocycles. The molecule has 0 bridgehead atoms. The van der Waals surface area contributed by atoms with E-state index in [1.165, 1.54) is 19.1 Å². The molecule has 2 aromatic rings. The molecule has 0 N–H and O–H groups in total. The first kappa shape index (κ1) is 17.3. The van der Waals surface area contributed by atoms with Crippen molar-refractivity contribution >= 4 is 11.7 Å². The lowest BCUT2D eigenvalue weighted by Gasteiger charge is -2.35. The first-order valence-electron chi connectivity index (χ1n) is 8.40. The number of ketones is 1. The Kier molecular flexibility index (Phi) is 5.24. The molecule has 1 fully saturated rings. The van der Waals surface area contributed by atoms with Crippen molar-refractivity contribution in [2.75, 3.05) is 26.2 Å². The molecule has 0 saturated carbocycles. The Morgan fingerprint density at radius 3 is 2.12 bits per heavy atom. The number of hydrogen-bond acceptors (Lipinski definition) is 3. The van der Waals surface area contributed by atoms with E-state index in [1.807, 2.05) is 0 Å². The maximum atomic E-state index is 13.0. The van der Waals surface area contributed by atoms with E-state index >= 15 is 0 Å². The minimum absolute atomic E-state index is 0.0905. The van der Waals surface area contributed by atoms with E-state index in [0.717, 1.165) is 25.2 Å². The molecule has 5 heteroatoms. The molecule has 130 valence electrons. The number of rotatable bonds is 4. The normalized spacial score (nSPS) is 15.2. The number of carbonyl (C=O) groups excluding carboxylic acids is 2. The SMILES string of the molecule is CC(=O)c1ccccc1C(=O)N1CCN(Cc2ccc(F)cc2)CC1. The fourth-order valence-corrected chi connectivity index (χ4v) is 3.10. The fourth-order valence-electron chi connectivity index (χ4n) is 3.10. The monoisotopic (exact) mass is 340 g/mol. The van der Waals surface area contributed by atoms with E-state index < -0.39 is 0 Å². The van der Waals surface area contributed by atoms with Crippen molar-refractivity contribution in [3.63, 3.8) is 0 Å². The first-order chi connectivity index (χ1) is 12.0. The molecule has 0 spiro atoms. The summed E-state index contributed by atoms with van der Waals surface area (Å²) in [6.07, 6.45) is 0. The van der Waals surface area contributed by atoms with Crippen LogP contribution in [0.15, 0.2) is 48.5 Å². The Labute approximate surface area is 146 Å². The van der Waals surface area contributed by atoms with Gasteiger partial charge in [-0.1, -0.05) is 30.3 Å². The third-order valence-electron chi connectivity index (χ3n) is 4.52. The third-order valence-corrected chi connectivity index (χ3v) is 4.52. The van der Waals surface area contributed by atoms with Crippen molar-refractivity contribution in [1.82, 2.24) is 9.80 Å². The van der Waals surface area contributed by atoms with Crippen LogP contribution in [0.4, 0.5) is 4.39 Å². The third kappa shape index (κ3) is 4.12. The van der Waals surface area contributed by atoms with Crippen molar-refractivity contribution in [1.29, 1.82) is 0 Å². The molecule has 0 aromatic heterocycles. The van der Waals surface area contributed by atoms with E-state index in [-0.39, 0.29) is 17.5 Å². The van der Waals surface area contributed by atoms with Gasteiger partial charge >= 0.3 is 0 Å². The summed E-state index contributed by atoms with van der Waals surface area (Å²) < 4.78 is 13.0. The van der Waals surface area contributed by atoms with Crippen LogP contribution in [-0.4, -0.2) is 47.7 Å². The summed E-state index contributed by atoms with van der Waals surface area (Å²) in [6.45, 7) is 4.97. The van der Waals surface area contributed by atoms with Crippen molar-refractivity contribution in [3.8, 4) is 0 Å². The lowest BCUT2D eigenvalue weighted by Crippen LogP contribution is -2.48. The molecule has 1 saturated heterocycles. The molecule has 1 aliphatic rings. The fraction of sp³-hybridized carbons (Fsp3) is 0.300. The van der Waals surface area contributed by atoms with Gasteiger partial charge in [0.2, 0.25) is 0 Å². The van der Waals surface area contributed by atoms with Gasteiger partial charge < -0.3 is 4.90 Å². The zero-order valence-electron chi connectivity index (χ0n) is 14.2. The van der Waals surface area contributed by atoms with Gasteiger partial charge in [0, 0.05) is 38.3 Å². The van der Waals surface area contributed by atoms with Crippen LogP contribution in [0.25, 0.3) is 0 Å². The van der Waals surface area contributed by atoms with Gasteiger partial charge in [0.25, 0.3) is 5.91 Å². The maximum absolute atomic E-state index is 13.0. The van der Waals surface area contributed by atoms with Crippen molar-refractivity contribution < 1.29 is 14.0 Å². The van der Waals surface area contributed by atoms with Gasteiger partial charge in [-0.25, -0.2) is 4.39 Å². The Balaban J connectivity index is 1.61. The van der Waals surface area contributed by atoms with Crippen molar-refractivity contribution in [2.45, 2.75) is 13.5 Å². The first-order valence-corrected chi connectivity index (χ1v) is 8.40. The second-order valence-corrected chi connectivity index (χ2v) is 6.30. The van der Waals surface area contributed by atoms with Gasteiger partial charge in [-0.15, -0.1) is 0 Å². The van der Waals surface area contributed by atoms with Gasteiger partial charge in [0.1, 0.15) is 5.82 Å². The quantitative estimate of drug-likeness (QED) is 0.804. The lowest BCUT2D eigenvalue weighted by atomic mass is 10.0. The Morgan fingerprint density at radius 1 is 0.920 bits per heavy atom. The summed E-state index contributed by atoms with van der Waals surface area (Å²) >= 11 is 0. The number of hydrogen-bond donors (Lipinski definition) is 0. The zero-order chi connectivity index (χ0) is 17.8. The molecule has 1 amide bonds. The highest BCUT2D eigenvalue weighted by Crippen LogP contribution is 2.15. The molecule has 0 aliphatic carbocycles. The number of piperazine rings is 1. The molecular formula is C20H21FN2O2. The maximum Gasteiger partial charge on any atom is 0.254 e. The van der Waals surface area contributed by atoms with Crippen LogP contribution in [0.1, 0.15) is 33.2 Å². The largest absolute Gasteiger partial charge is 0.336 e. The number of nitrogens with zero attached hydrogens (tertiary/aromatic N) is 2. The van der Waals surface area contributed by atoms with Crippen LogP contribution >= 0.6 is 0 Å². The van der Waals surface area contributed by atoms with Crippen LogP contribution in [0, 0.1) is 5.82 Å². The second kappa shape index (κ2) is 7.57. The number of halogens is 1. The molecule has 25 heavy (non-hydrogen) atoms. The van der Waals surface area contributed by atoms with Crippen LogP contribution in [0.5, 0.6) is 0 Å². The van der Waals surface area contributed by atoms with Gasteiger partial charge in [0.15, 0.2) is 5.78 Å². The van der Waals surface area contributed by atoms with E-state index in [4.69, 9.17) is 0 Å². The summed E-state index contributed by atoms with van der Waals surface area (Å²) in [5.74, 6) is -0.422. The number of benzene rings is 2. The molecule has 3 rings (SSSR count). The molecule has 1 heterocycles. The van der Waals surface area contributed by atoms with E-state index in [0.29, 0.717) is 24.2 Å². The lowest BCUT2D eigenvalue weighted by molar-refractivity contribution is 0.0625. The number of Topliss-reactive ketones (excluding diaryl/α,β-unsaturated/α-hetero) is 1.